The van der Waals surface area contributed by atoms with Gasteiger partial charge in [0.25, 0.3) is 0 Å². The second kappa shape index (κ2) is 6.18. The quantitative estimate of drug-likeness (QED) is 0.829. The molecule has 0 heterocycles. The van der Waals surface area contributed by atoms with Crippen LogP contribution in [0.1, 0.15) is 13.8 Å². The van der Waals surface area contributed by atoms with Crippen LogP contribution in [-0.2, 0) is 4.74 Å². The Kier molecular flexibility index (Phi) is 5.19. The Bertz CT molecular complexity index is 335. The molecule has 3 nitrogen and oxygen atoms in total. The smallest absolute Gasteiger partial charge is 0.157 e. The molecule has 0 aromatic heterocycles. The zero-order chi connectivity index (χ0) is 12.1. The Morgan fingerprint density at radius 2 is 1.88 bits per heavy atom. The molecule has 0 bridgehead atoms. The van der Waals surface area contributed by atoms with Crippen LogP contribution in [0, 0.1) is 0 Å². The molecule has 0 radical (unpaired) electrons. The summed E-state index contributed by atoms with van der Waals surface area (Å²) in [6.07, 6.45) is -0.112. The number of benzene rings is 1. The average Bonchev–Trinajstić information content (AvgIpc) is 2.20. The van der Waals surface area contributed by atoms with Gasteiger partial charge in [-0.05, 0) is 26.0 Å². The second-order valence-corrected chi connectivity index (χ2v) is 4.22. The van der Waals surface area contributed by atoms with Crippen molar-refractivity contribution in [3.8, 4) is 5.75 Å². The second-order valence-electron chi connectivity index (χ2n) is 3.40. The van der Waals surface area contributed by atoms with Gasteiger partial charge in [0.1, 0.15) is 6.10 Å². The van der Waals surface area contributed by atoms with Crippen LogP contribution in [0.3, 0.4) is 0 Å². The monoisotopic (exact) mass is 263 g/mol. The molecule has 0 aliphatic heterocycles. The van der Waals surface area contributed by atoms with Gasteiger partial charge >= 0.3 is 0 Å². The van der Waals surface area contributed by atoms with Gasteiger partial charge in [-0.2, -0.15) is 0 Å². The maximum Gasteiger partial charge on any atom is 0.157 e. The van der Waals surface area contributed by atoms with Gasteiger partial charge in [-0.15, -0.1) is 0 Å². The van der Waals surface area contributed by atoms with Gasteiger partial charge < -0.3 is 15.2 Å². The maximum atomic E-state index is 5.98. The third-order valence-corrected chi connectivity index (χ3v) is 2.46. The first kappa shape index (κ1) is 13.4. The lowest BCUT2D eigenvalue weighted by atomic mass is 10.3. The molecule has 1 aromatic carbocycles. The first-order valence-corrected chi connectivity index (χ1v) is 5.79. The lowest BCUT2D eigenvalue weighted by molar-refractivity contribution is 0.0658. The van der Waals surface area contributed by atoms with Crippen molar-refractivity contribution in [3.63, 3.8) is 0 Å². The van der Waals surface area contributed by atoms with Crippen molar-refractivity contribution in [1.82, 2.24) is 0 Å². The van der Waals surface area contributed by atoms with E-state index in [-0.39, 0.29) is 6.10 Å². The highest BCUT2D eigenvalue weighted by Crippen LogP contribution is 2.35. The van der Waals surface area contributed by atoms with Crippen molar-refractivity contribution in [2.24, 2.45) is 0 Å². The number of anilines is 1. The number of nitrogen functional groups attached to an aromatic ring is 1. The maximum absolute atomic E-state index is 5.98. The predicted octanol–water partition coefficient (Wildman–Crippen LogP) is 3.38. The van der Waals surface area contributed by atoms with Gasteiger partial charge in [0.15, 0.2) is 5.75 Å². The van der Waals surface area contributed by atoms with Gasteiger partial charge in [-0.3, -0.25) is 0 Å². The van der Waals surface area contributed by atoms with Crippen molar-refractivity contribution in [2.75, 3.05) is 18.9 Å². The third-order valence-electron chi connectivity index (χ3n) is 1.90. The van der Waals surface area contributed by atoms with Crippen LogP contribution < -0.4 is 10.5 Å². The number of hydrogen-bond donors (Lipinski definition) is 1. The zero-order valence-corrected chi connectivity index (χ0v) is 10.8. The van der Waals surface area contributed by atoms with Crippen LogP contribution in [0.4, 0.5) is 5.69 Å². The van der Waals surface area contributed by atoms with Crippen LogP contribution in [-0.4, -0.2) is 19.3 Å². The van der Waals surface area contributed by atoms with Gasteiger partial charge in [0.05, 0.1) is 16.7 Å². The minimum atomic E-state index is -0.112. The van der Waals surface area contributed by atoms with Gasteiger partial charge in [0, 0.05) is 12.3 Å². The van der Waals surface area contributed by atoms with Crippen molar-refractivity contribution in [3.05, 3.63) is 22.2 Å². The lowest BCUT2D eigenvalue weighted by Gasteiger charge is -2.16. The minimum Gasteiger partial charge on any atom is -0.485 e. The minimum absolute atomic E-state index is 0.112. The molecule has 0 aliphatic carbocycles. The first-order chi connectivity index (χ1) is 7.54. The summed E-state index contributed by atoms with van der Waals surface area (Å²) < 4.78 is 10.8. The highest BCUT2D eigenvalue weighted by Gasteiger charge is 2.12. The molecule has 0 amide bonds. The first-order valence-electron chi connectivity index (χ1n) is 5.03. The molecule has 5 heteroatoms. The van der Waals surface area contributed by atoms with Crippen LogP contribution >= 0.6 is 23.2 Å². The molecular weight excluding hydrogens is 249 g/mol. The molecule has 0 saturated heterocycles. The zero-order valence-electron chi connectivity index (χ0n) is 9.30. The number of ether oxygens (including phenoxy) is 2. The Hall–Kier alpha value is -0.640. The Balaban J connectivity index is 2.73. The van der Waals surface area contributed by atoms with Crippen molar-refractivity contribution in [1.29, 1.82) is 0 Å². The summed E-state index contributed by atoms with van der Waals surface area (Å²) in [4.78, 5) is 0. The number of nitrogens with two attached hydrogens (primary N) is 1. The molecule has 2 N–H and O–H groups in total. The van der Waals surface area contributed by atoms with Gasteiger partial charge in [-0.25, -0.2) is 0 Å². The van der Waals surface area contributed by atoms with Gasteiger partial charge in [-0.1, -0.05) is 23.2 Å². The summed E-state index contributed by atoms with van der Waals surface area (Å²) in [5.74, 6) is 0.449. The fraction of sp³-hybridized carbons (Fsp3) is 0.455. The van der Waals surface area contributed by atoms with E-state index < -0.39 is 0 Å². The largest absolute Gasteiger partial charge is 0.485 e. The van der Waals surface area contributed by atoms with Crippen LogP contribution in [0.2, 0.25) is 10.0 Å². The third kappa shape index (κ3) is 3.74. The SMILES string of the molecule is CCOCC(C)Oc1c(Cl)cc(N)cc1Cl. The molecule has 0 aliphatic rings. The van der Waals surface area contributed by atoms with Crippen molar-refractivity contribution < 1.29 is 9.47 Å². The van der Waals surface area contributed by atoms with Crippen molar-refractivity contribution in [2.45, 2.75) is 20.0 Å². The summed E-state index contributed by atoms with van der Waals surface area (Å²) >= 11 is 12.0. The molecule has 0 spiro atoms. The van der Waals surface area contributed by atoms with E-state index in [1.54, 1.807) is 12.1 Å². The highest BCUT2D eigenvalue weighted by atomic mass is 35.5. The van der Waals surface area contributed by atoms with Crippen molar-refractivity contribution >= 4 is 28.9 Å². The standard InChI is InChI=1S/C11H15Cl2NO2/c1-3-15-6-7(2)16-11-9(12)4-8(14)5-10(11)13/h4-5,7H,3,6,14H2,1-2H3. The van der Waals surface area contributed by atoms with E-state index in [1.807, 2.05) is 13.8 Å². The summed E-state index contributed by atoms with van der Waals surface area (Å²) in [7, 11) is 0. The van der Waals surface area contributed by atoms with Crippen LogP contribution in [0.5, 0.6) is 5.75 Å². The Morgan fingerprint density at radius 3 is 2.38 bits per heavy atom. The number of halogens is 2. The molecule has 16 heavy (non-hydrogen) atoms. The van der Waals surface area contributed by atoms with Crippen LogP contribution in [0.25, 0.3) is 0 Å². The van der Waals surface area contributed by atoms with E-state index in [4.69, 9.17) is 38.4 Å². The average molecular weight is 264 g/mol. The molecule has 1 rings (SSSR count). The van der Waals surface area contributed by atoms with E-state index >= 15 is 0 Å². The normalized spacial score (nSPS) is 12.5. The fourth-order valence-corrected chi connectivity index (χ4v) is 1.80. The fourth-order valence-electron chi connectivity index (χ4n) is 1.21. The molecule has 0 saturated carbocycles. The van der Waals surface area contributed by atoms with E-state index in [2.05, 4.69) is 0 Å². The highest BCUT2D eigenvalue weighted by molar-refractivity contribution is 6.37. The van der Waals surface area contributed by atoms with Gasteiger partial charge in [0.2, 0.25) is 0 Å². The lowest BCUT2D eigenvalue weighted by Crippen LogP contribution is -2.19. The molecule has 90 valence electrons. The van der Waals surface area contributed by atoms with E-state index in [0.29, 0.717) is 34.7 Å². The molecule has 0 fully saturated rings. The summed E-state index contributed by atoms with van der Waals surface area (Å²) in [6, 6.07) is 3.21. The Labute approximate surface area is 105 Å². The summed E-state index contributed by atoms with van der Waals surface area (Å²) in [5, 5.41) is 0.821. The van der Waals surface area contributed by atoms with Crippen LogP contribution in [0.15, 0.2) is 12.1 Å². The Morgan fingerprint density at radius 1 is 1.31 bits per heavy atom. The summed E-state index contributed by atoms with van der Waals surface area (Å²) in [5.41, 5.74) is 6.10. The van der Waals surface area contributed by atoms with E-state index in [1.165, 1.54) is 0 Å². The van der Waals surface area contributed by atoms with E-state index in [9.17, 15) is 0 Å². The van der Waals surface area contributed by atoms with E-state index in [0.717, 1.165) is 0 Å². The topological polar surface area (TPSA) is 44.5 Å². The number of rotatable bonds is 5. The molecule has 1 atom stereocenters. The predicted molar refractivity (Wildman–Crippen MR) is 67.5 cm³/mol. The summed E-state index contributed by atoms with van der Waals surface area (Å²) in [6.45, 7) is 4.96. The number of hydrogen-bond acceptors (Lipinski definition) is 3. The molecular formula is C11H15Cl2NO2. The molecule has 1 unspecified atom stereocenters. The molecule has 1 aromatic rings.